The van der Waals surface area contributed by atoms with Crippen molar-refractivity contribution in [3.05, 3.63) is 24.1 Å². The molecule has 0 spiro atoms. The Morgan fingerprint density at radius 3 is 2.52 bits per heavy atom. The summed E-state index contributed by atoms with van der Waals surface area (Å²) in [5.74, 6) is -1.32. The van der Waals surface area contributed by atoms with Crippen LogP contribution in [0.15, 0.2) is 24.1 Å². The minimum absolute atomic E-state index is 0.186. The van der Waals surface area contributed by atoms with Crippen molar-refractivity contribution in [2.45, 2.75) is 26.4 Å². The number of carbonyl (C=O) groups is 1. The van der Waals surface area contributed by atoms with Gasteiger partial charge in [0.05, 0.1) is 12.6 Å². The van der Waals surface area contributed by atoms with E-state index in [4.69, 9.17) is 11.2 Å². The quantitative estimate of drug-likeness (QED) is 0.424. The molecule has 0 N–H and O–H groups in total. The monoisotopic (exact) mass is 304 g/mol. The number of halogens is 4. The van der Waals surface area contributed by atoms with Gasteiger partial charge in [0.1, 0.15) is 5.83 Å². The first-order chi connectivity index (χ1) is 9.75. The van der Waals surface area contributed by atoms with Crippen LogP contribution in [0.4, 0.5) is 17.6 Å². The summed E-state index contributed by atoms with van der Waals surface area (Å²) in [6.07, 6.45) is 3.02. The number of hydrogen-bond donors (Lipinski definition) is 0. The standard InChI is InChI=1S/C15H16F4O2/c1-4-11(10(17)6-5-7-16)21-14(20)13-9(8-12(18)19)15(13,2)3/h1,6,8-9,11,13H,5,7H2,2-3H3. The Morgan fingerprint density at radius 1 is 1.43 bits per heavy atom. The molecule has 1 aliphatic carbocycles. The first kappa shape index (κ1) is 17.3. The molecule has 1 aliphatic rings. The molecule has 0 heterocycles. The van der Waals surface area contributed by atoms with Crippen LogP contribution in [0, 0.1) is 29.6 Å². The Bertz CT molecular complexity index is 498. The summed E-state index contributed by atoms with van der Waals surface area (Å²) in [7, 11) is 0. The Hall–Kier alpha value is -1.77. The van der Waals surface area contributed by atoms with Crippen molar-refractivity contribution in [3.63, 3.8) is 0 Å². The third kappa shape index (κ3) is 4.10. The average Bonchev–Trinajstić information content (AvgIpc) is 2.93. The summed E-state index contributed by atoms with van der Waals surface area (Å²) in [5, 5.41) is 0. The Morgan fingerprint density at radius 2 is 2.05 bits per heavy atom. The maximum Gasteiger partial charge on any atom is 0.311 e. The van der Waals surface area contributed by atoms with Gasteiger partial charge in [-0.25, -0.2) is 4.39 Å². The zero-order chi connectivity index (χ0) is 16.2. The molecule has 0 aliphatic heterocycles. The lowest BCUT2D eigenvalue weighted by Gasteiger charge is -2.11. The lowest BCUT2D eigenvalue weighted by Crippen LogP contribution is -2.20. The van der Waals surface area contributed by atoms with Crippen LogP contribution in [0.1, 0.15) is 20.3 Å². The van der Waals surface area contributed by atoms with Crippen molar-refractivity contribution in [2.24, 2.45) is 17.3 Å². The van der Waals surface area contributed by atoms with E-state index in [1.807, 2.05) is 5.92 Å². The molecular weight excluding hydrogens is 288 g/mol. The summed E-state index contributed by atoms with van der Waals surface area (Å²) in [6, 6.07) is 0. The highest BCUT2D eigenvalue weighted by molar-refractivity contribution is 5.78. The third-order valence-corrected chi connectivity index (χ3v) is 3.55. The van der Waals surface area contributed by atoms with Crippen molar-refractivity contribution in [3.8, 4) is 12.3 Å². The molecule has 1 fully saturated rings. The van der Waals surface area contributed by atoms with Gasteiger partial charge in [0.25, 0.3) is 6.08 Å². The van der Waals surface area contributed by atoms with Gasteiger partial charge in [0.15, 0.2) is 0 Å². The highest BCUT2D eigenvalue weighted by atomic mass is 19.3. The van der Waals surface area contributed by atoms with Crippen LogP contribution >= 0.6 is 0 Å². The van der Waals surface area contributed by atoms with Gasteiger partial charge in [-0.1, -0.05) is 19.8 Å². The van der Waals surface area contributed by atoms with Crippen LogP contribution < -0.4 is 0 Å². The largest absolute Gasteiger partial charge is 0.441 e. The van der Waals surface area contributed by atoms with E-state index in [2.05, 4.69) is 0 Å². The molecule has 0 bridgehead atoms. The zero-order valence-corrected chi connectivity index (χ0v) is 11.7. The lowest BCUT2D eigenvalue weighted by molar-refractivity contribution is -0.148. The number of carbonyl (C=O) groups excluding carboxylic acids is 1. The van der Waals surface area contributed by atoms with Gasteiger partial charge in [-0.2, -0.15) is 8.78 Å². The molecule has 3 atom stereocenters. The number of terminal acetylenes is 1. The first-order valence-electron chi connectivity index (χ1n) is 6.36. The molecule has 0 aromatic heterocycles. The maximum absolute atomic E-state index is 13.5. The molecule has 6 heteroatoms. The van der Waals surface area contributed by atoms with Gasteiger partial charge < -0.3 is 4.74 Å². The van der Waals surface area contributed by atoms with Crippen molar-refractivity contribution in [2.75, 3.05) is 6.67 Å². The van der Waals surface area contributed by atoms with Gasteiger partial charge in [-0.3, -0.25) is 9.18 Å². The molecule has 21 heavy (non-hydrogen) atoms. The second-order valence-electron chi connectivity index (χ2n) is 5.33. The Kier molecular flexibility index (Phi) is 5.59. The predicted octanol–water partition coefficient (Wildman–Crippen LogP) is 3.80. The van der Waals surface area contributed by atoms with Crippen molar-refractivity contribution < 1.29 is 27.1 Å². The fourth-order valence-corrected chi connectivity index (χ4v) is 2.23. The number of alkyl halides is 1. The summed E-state index contributed by atoms with van der Waals surface area (Å²) in [6.45, 7) is 2.49. The fraction of sp³-hybridized carbons (Fsp3) is 0.533. The highest BCUT2D eigenvalue weighted by Gasteiger charge is 2.62. The van der Waals surface area contributed by atoms with Gasteiger partial charge in [0.2, 0.25) is 6.10 Å². The van der Waals surface area contributed by atoms with E-state index in [1.54, 1.807) is 13.8 Å². The molecule has 0 saturated heterocycles. The smallest absolute Gasteiger partial charge is 0.311 e. The van der Waals surface area contributed by atoms with Crippen molar-refractivity contribution in [1.82, 2.24) is 0 Å². The van der Waals surface area contributed by atoms with Crippen LogP contribution in [0.25, 0.3) is 0 Å². The summed E-state index contributed by atoms with van der Waals surface area (Å²) >= 11 is 0. The second kappa shape index (κ2) is 6.79. The molecular formula is C15H16F4O2. The number of esters is 1. The summed E-state index contributed by atoms with van der Waals surface area (Å²) < 4.78 is 54.9. The van der Waals surface area contributed by atoms with Gasteiger partial charge in [-0.05, 0) is 24.0 Å². The second-order valence-corrected chi connectivity index (χ2v) is 5.33. The molecule has 0 aromatic rings. The molecule has 0 radical (unpaired) electrons. The van der Waals surface area contributed by atoms with E-state index in [9.17, 15) is 22.4 Å². The number of ether oxygens (including phenoxy) is 1. The van der Waals surface area contributed by atoms with Crippen LogP contribution in [-0.2, 0) is 9.53 Å². The molecule has 0 aromatic carbocycles. The first-order valence-corrected chi connectivity index (χ1v) is 6.36. The van der Waals surface area contributed by atoms with Crippen LogP contribution in [0.2, 0.25) is 0 Å². The lowest BCUT2D eigenvalue weighted by atomic mass is 10.1. The van der Waals surface area contributed by atoms with E-state index in [0.29, 0.717) is 6.08 Å². The predicted molar refractivity (Wildman–Crippen MR) is 69.6 cm³/mol. The number of hydrogen-bond acceptors (Lipinski definition) is 2. The third-order valence-electron chi connectivity index (χ3n) is 3.55. The SMILES string of the molecule is C#CC(OC(=O)C1C(C=C(F)F)C1(C)C)C(F)=CCCF. The van der Waals surface area contributed by atoms with E-state index < -0.39 is 47.9 Å². The van der Waals surface area contributed by atoms with Crippen molar-refractivity contribution >= 4 is 5.97 Å². The molecule has 3 unspecified atom stereocenters. The molecule has 1 saturated carbocycles. The van der Waals surface area contributed by atoms with Gasteiger partial charge >= 0.3 is 5.97 Å². The van der Waals surface area contributed by atoms with Gasteiger partial charge in [0, 0.05) is 5.92 Å². The van der Waals surface area contributed by atoms with Crippen LogP contribution in [0.3, 0.4) is 0 Å². The van der Waals surface area contributed by atoms with Crippen LogP contribution in [0.5, 0.6) is 0 Å². The van der Waals surface area contributed by atoms with Crippen LogP contribution in [-0.4, -0.2) is 18.7 Å². The maximum atomic E-state index is 13.5. The zero-order valence-electron chi connectivity index (χ0n) is 11.7. The molecule has 2 nitrogen and oxygen atoms in total. The van der Waals surface area contributed by atoms with E-state index >= 15 is 0 Å². The average molecular weight is 304 g/mol. The van der Waals surface area contributed by atoms with E-state index in [-0.39, 0.29) is 6.42 Å². The summed E-state index contributed by atoms with van der Waals surface area (Å²) in [5.41, 5.74) is -0.696. The Labute approximate surface area is 120 Å². The molecule has 0 amide bonds. The number of rotatable bonds is 6. The van der Waals surface area contributed by atoms with Gasteiger partial charge in [-0.15, -0.1) is 6.42 Å². The van der Waals surface area contributed by atoms with E-state index in [0.717, 1.165) is 6.08 Å². The Balaban J connectivity index is 2.73. The van der Waals surface area contributed by atoms with E-state index in [1.165, 1.54) is 0 Å². The highest BCUT2D eigenvalue weighted by Crippen LogP contribution is 2.60. The number of allylic oxidation sites excluding steroid dienone is 2. The summed E-state index contributed by atoms with van der Waals surface area (Å²) in [4.78, 5) is 11.9. The fourth-order valence-electron chi connectivity index (χ4n) is 2.23. The minimum Gasteiger partial charge on any atom is -0.441 e. The minimum atomic E-state index is -1.88. The topological polar surface area (TPSA) is 26.3 Å². The van der Waals surface area contributed by atoms with Crippen molar-refractivity contribution in [1.29, 1.82) is 0 Å². The molecule has 116 valence electrons. The molecule has 1 rings (SSSR count). The normalized spacial score (nSPS) is 24.7.